The van der Waals surface area contributed by atoms with Crippen LogP contribution in [0, 0.1) is 6.92 Å². The lowest BCUT2D eigenvalue weighted by Gasteiger charge is -2.01. The number of para-hydroxylation sites is 1. The van der Waals surface area contributed by atoms with Crippen LogP contribution in [0.3, 0.4) is 0 Å². The van der Waals surface area contributed by atoms with E-state index in [0.29, 0.717) is 5.82 Å². The molecular weight excluding hydrogens is 330 g/mol. The van der Waals surface area contributed by atoms with Crippen molar-refractivity contribution in [2.75, 3.05) is 5.73 Å². The van der Waals surface area contributed by atoms with Crippen molar-refractivity contribution < 1.29 is 4.42 Å². The average Bonchev–Trinajstić information content (AvgIpc) is 3.03. The van der Waals surface area contributed by atoms with Crippen molar-refractivity contribution in [3.05, 3.63) is 52.8 Å². The number of halogens is 1. The fourth-order valence-corrected chi connectivity index (χ4v) is 2.86. The van der Waals surface area contributed by atoms with Gasteiger partial charge < -0.3 is 10.2 Å². The summed E-state index contributed by atoms with van der Waals surface area (Å²) in [4.78, 5) is 4.66. The molecule has 4 nitrogen and oxygen atoms in total. The molecule has 0 spiro atoms. The van der Waals surface area contributed by atoms with Gasteiger partial charge in [0.25, 0.3) is 0 Å². The SMILES string of the molecule is Cc1cc2nc(-c3coc4ccccc34)c(N)n2cc1Br. The molecule has 0 saturated heterocycles. The van der Waals surface area contributed by atoms with Crippen LogP contribution in [0.2, 0.25) is 0 Å². The molecule has 1 aromatic carbocycles. The first-order valence-corrected chi connectivity index (χ1v) is 7.35. The maximum Gasteiger partial charge on any atom is 0.139 e. The van der Waals surface area contributed by atoms with E-state index in [1.54, 1.807) is 6.26 Å². The fourth-order valence-electron chi connectivity index (χ4n) is 2.54. The van der Waals surface area contributed by atoms with E-state index in [4.69, 9.17) is 10.2 Å². The van der Waals surface area contributed by atoms with E-state index in [-0.39, 0.29) is 0 Å². The summed E-state index contributed by atoms with van der Waals surface area (Å²) < 4.78 is 8.47. The van der Waals surface area contributed by atoms with Crippen LogP contribution in [-0.4, -0.2) is 9.38 Å². The van der Waals surface area contributed by atoms with E-state index in [9.17, 15) is 0 Å². The molecule has 4 aromatic rings. The largest absolute Gasteiger partial charge is 0.464 e. The van der Waals surface area contributed by atoms with E-state index in [1.807, 2.05) is 47.9 Å². The van der Waals surface area contributed by atoms with Gasteiger partial charge in [0.15, 0.2) is 0 Å². The van der Waals surface area contributed by atoms with Crippen LogP contribution < -0.4 is 5.73 Å². The summed E-state index contributed by atoms with van der Waals surface area (Å²) in [5, 5.41) is 1.02. The van der Waals surface area contributed by atoms with Gasteiger partial charge in [0.2, 0.25) is 0 Å². The zero-order valence-corrected chi connectivity index (χ0v) is 12.9. The number of anilines is 1. The molecule has 0 aliphatic rings. The highest BCUT2D eigenvalue weighted by Gasteiger charge is 2.16. The Labute approximate surface area is 129 Å². The van der Waals surface area contributed by atoms with Gasteiger partial charge in [-0.2, -0.15) is 0 Å². The highest BCUT2D eigenvalue weighted by atomic mass is 79.9. The zero-order valence-electron chi connectivity index (χ0n) is 11.3. The number of aromatic nitrogens is 2. The zero-order chi connectivity index (χ0) is 14.6. The minimum Gasteiger partial charge on any atom is -0.464 e. The topological polar surface area (TPSA) is 56.5 Å². The molecule has 0 amide bonds. The number of pyridine rings is 1. The molecule has 0 saturated carbocycles. The second kappa shape index (κ2) is 4.36. The van der Waals surface area contributed by atoms with Gasteiger partial charge in [-0.1, -0.05) is 18.2 Å². The summed E-state index contributed by atoms with van der Waals surface area (Å²) in [7, 11) is 0. The van der Waals surface area contributed by atoms with Crippen molar-refractivity contribution in [1.82, 2.24) is 9.38 Å². The number of rotatable bonds is 1. The Hall–Kier alpha value is -2.27. The summed E-state index contributed by atoms with van der Waals surface area (Å²) in [5.74, 6) is 0.609. The van der Waals surface area contributed by atoms with Gasteiger partial charge in [-0.25, -0.2) is 4.98 Å². The van der Waals surface area contributed by atoms with E-state index in [2.05, 4.69) is 20.9 Å². The van der Waals surface area contributed by atoms with Gasteiger partial charge >= 0.3 is 0 Å². The first kappa shape index (κ1) is 12.5. The third kappa shape index (κ3) is 1.77. The van der Waals surface area contributed by atoms with Crippen molar-refractivity contribution in [2.24, 2.45) is 0 Å². The van der Waals surface area contributed by atoms with E-state index >= 15 is 0 Å². The van der Waals surface area contributed by atoms with Gasteiger partial charge in [0.05, 0.1) is 5.56 Å². The number of hydrogen-bond donors (Lipinski definition) is 1. The third-order valence-corrected chi connectivity index (χ3v) is 4.51. The van der Waals surface area contributed by atoms with Crippen LogP contribution >= 0.6 is 15.9 Å². The highest BCUT2D eigenvalue weighted by Crippen LogP contribution is 2.34. The molecule has 0 atom stereocenters. The smallest absolute Gasteiger partial charge is 0.139 e. The first-order chi connectivity index (χ1) is 10.1. The molecule has 3 aromatic heterocycles. The van der Waals surface area contributed by atoms with Crippen molar-refractivity contribution in [3.8, 4) is 11.3 Å². The van der Waals surface area contributed by atoms with Crippen LogP contribution in [0.15, 0.2) is 51.7 Å². The Morgan fingerprint density at radius 2 is 2.10 bits per heavy atom. The second-order valence-electron chi connectivity index (χ2n) is 5.02. The minimum absolute atomic E-state index is 0.609. The second-order valence-corrected chi connectivity index (χ2v) is 5.88. The van der Waals surface area contributed by atoms with Gasteiger partial charge in [0.1, 0.15) is 29.0 Å². The van der Waals surface area contributed by atoms with Crippen LogP contribution in [0.1, 0.15) is 5.56 Å². The number of benzene rings is 1. The number of nitrogens with zero attached hydrogens (tertiary/aromatic N) is 2. The van der Waals surface area contributed by atoms with Crippen LogP contribution in [-0.2, 0) is 0 Å². The Balaban J connectivity index is 2.04. The molecule has 0 unspecified atom stereocenters. The summed E-state index contributed by atoms with van der Waals surface area (Å²) in [6, 6.07) is 9.88. The molecule has 0 bridgehead atoms. The summed E-state index contributed by atoms with van der Waals surface area (Å²) >= 11 is 3.53. The fraction of sp³-hybridized carbons (Fsp3) is 0.0625. The van der Waals surface area contributed by atoms with Gasteiger partial charge in [-0.3, -0.25) is 4.40 Å². The maximum atomic E-state index is 6.28. The lowest BCUT2D eigenvalue weighted by Crippen LogP contribution is -1.94. The Morgan fingerprint density at radius 1 is 1.29 bits per heavy atom. The number of imidazole rings is 1. The normalized spacial score (nSPS) is 11.5. The molecule has 0 radical (unpaired) electrons. The molecule has 0 fully saturated rings. The van der Waals surface area contributed by atoms with Crippen molar-refractivity contribution in [2.45, 2.75) is 6.92 Å². The number of aryl methyl sites for hydroxylation is 1. The van der Waals surface area contributed by atoms with Gasteiger partial charge in [0, 0.05) is 16.1 Å². The molecule has 0 aliphatic heterocycles. The molecular formula is C16H12BrN3O. The Morgan fingerprint density at radius 3 is 2.95 bits per heavy atom. The molecule has 0 aliphatic carbocycles. The number of hydrogen-bond acceptors (Lipinski definition) is 3. The summed E-state index contributed by atoms with van der Waals surface area (Å²) in [6.45, 7) is 2.03. The number of nitrogens with two attached hydrogens (primary N) is 1. The lowest BCUT2D eigenvalue weighted by molar-refractivity contribution is 0.617. The van der Waals surface area contributed by atoms with Crippen LogP contribution in [0.4, 0.5) is 5.82 Å². The molecule has 2 N–H and O–H groups in total. The predicted octanol–water partition coefficient (Wildman–Crippen LogP) is 4.40. The monoisotopic (exact) mass is 341 g/mol. The maximum absolute atomic E-state index is 6.28. The Kier molecular flexibility index (Phi) is 2.59. The highest BCUT2D eigenvalue weighted by molar-refractivity contribution is 9.10. The van der Waals surface area contributed by atoms with Crippen molar-refractivity contribution in [3.63, 3.8) is 0 Å². The van der Waals surface area contributed by atoms with Crippen molar-refractivity contribution >= 4 is 38.4 Å². The number of nitrogen functional groups attached to an aromatic ring is 1. The predicted molar refractivity (Wildman–Crippen MR) is 87.2 cm³/mol. The summed E-state index contributed by atoms with van der Waals surface area (Å²) in [5.41, 5.74) is 10.7. The number of furan rings is 1. The van der Waals surface area contributed by atoms with Crippen LogP contribution in [0.25, 0.3) is 27.9 Å². The first-order valence-electron chi connectivity index (χ1n) is 6.55. The minimum atomic E-state index is 0.609. The van der Waals surface area contributed by atoms with E-state index in [1.165, 1.54) is 0 Å². The quantitative estimate of drug-likeness (QED) is 0.558. The van der Waals surface area contributed by atoms with Crippen molar-refractivity contribution in [1.29, 1.82) is 0 Å². The standard InChI is InChI=1S/C16H12BrN3O/c1-9-6-14-19-15(16(18)20(14)7-12(9)17)11-8-21-13-5-3-2-4-10(11)13/h2-8H,18H2,1H3. The lowest BCUT2D eigenvalue weighted by atomic mass is 10.1. The average molecular weight is 342 g/mol. The molecule has 4 rings (SSSR count). The summed E-state index contributed by atoms with van der Waals surface area (Å²) in [6.07, 6.45) is 3.66. The number of fused-ring (bicyclic) bond motifs is 2. The Bertz CT molecular complexity index is 984. The van der Waals surface area contributed by atoms with Crippen LogP contribution in [0.5, 0.6) is 0 Å². The van der Waals surface area contributed by atoms with E-state index in [0.717, 1.165) is 37.9 Å². The molecule has 104 valence electrons. The third-order valence-electron chi connectivity index (χ3n) is 3.68. The van der Waals surface area contributed by atoms with E-state index < -0.39 is 0 Å². The molecule has 5 heteroatoms. The molecule has 3 heterocycles. The van der Waals surface area contributed by atoms with Gasteiger partial charge in [-0.15, -0.1) is 0 Å². The molecule has 21 heavy (non-hydrogen) atoms. The van der Waals surface area contributed by atoms with Gasteiger partial charge in [-0.05, 0) is 40.5 Å².